The normalized spacial score (nSPS) is 23.6. The van der Waals surface area contributed by atoms with Gasteiger partial charge in [0, 0.05) is 38.4 Å². The van der Waals surface area contributed by atoms with Crippen LogP contribution in [0.5, 0.6) is 0 Å². The maximum absolute atomic E-state index is 4.30. The molecule has 4 heteroatoms. The molecule has 0 unspecified atom stereocenters. The van der Waals surface area contributed by atoms with Crippen LogP contribution in [0.4, 0.5) is 0 Å². The van der Waals surface area contributed by atoms with Crippen molar-refractivity contribution in [3.05, 3.63) is 28.5 Å². The second kappa shape index (κ2) is 7.01. The molecule has 1 aromatic rings. The second-order valence-electron chi connectivity index (χ2n) is 6.04. The first kappa shape index (κ1) is 14.5. The Kier molecular flexibility index (Phi) is 5.08. The molecule has 2 heterocycles. The number of halogens is 1. The first-order valence-corrected chi connectivity index (χ1v) is 8.70. The van der Waals surface area contributed by atoms with Gasteiger partial charge in [0.2, 0.25) is 0 Å². The quantitative estimate of drug-likeness (QED) is 0.857. The van der Waals surface area contributed by atoms with Gasteiger partial charge in [-0.3, -0.25) is 4.90 Å². The lowest BCUT2D eigenvalue weighted by Crippen LogP contribution is -2.47. The van der Waals surface area contributed by atoms with E-state index in [-0.39, 0.29) is 0 Å². The third-order valence-corrected chi connectivity index (χ3v) is 5.17. The number of pyridine rings is 1. The number of hydrogen-bond acceptors (Lipinski definition) is 3. The summed E-state index contributed by atoms with van der Waals surface area (Å²) >= 11 is 3.54. The summed E-state index contributed by atoms with van der Waals surface area (Å²) in [5.41, 5.74) is 1.45. The van der Waals surface area contributed by atoms with Gasteiger partial charge in [-0.25, -0.2) is 4.98 Å². The average Bonchev–Trinajstić information content (AvgIpc) is 2.50. The maximum atomic E-state index is 4.30. The van der Waals surface area contributed by atoms with Gasteiger partial charge < -0.3 is 5.32 Å². The van der Waals surface area contributed by atoms with E-state index in [0.717, 1.165) is 23.6 Å². The fraction of sp³-hybridized carbons (Fsp3) is 0.688. The van der Waals surface area contributed by atoms with E-state index in [1.54, 1.807) is 0 Å². The van der Waals surface area contributed by atoms with Crippen LogP contribution in [0.1, 0.15) is 43.7 Å². The van der Waals surface area contributed by atoms with Gasteiger partial charge in [0.05, 0.1) is 0 Å². The van der Waals surface area contributed by atoms with E-state index < -0.39 is 0 Å². The second-order valence-corrected chi connectivity index (χ2v) is 6.85. The zero-order chi connectivity index (χ0) is 13.8. The van der Waals surface area contributed by atoms with Crippen LogP contribution < -0.4 is 5.32 Å². The Morgan fingerprint density at radius 1 is 1.20 bits per heavy atom. The Balaban J connectivity index is 1.85. The Bertz CT molecular complexity index is 407. The minimum atomic E-state index is 0.580. The van der Waals surface area contributed by atoms with Gasteiger partial charge in [-0.15, -0.1) is 0 Å². The molecule has 1 saturated carbocycles. The predicted molar refractivity (Wildman–Crippen MR) is 85.7 cm³/mol. The van der Waals surface area contributed by atoms with E-state index >= 15 is 0 Å². The molecular formula is C16H24BrN3. The molecule has 0 bridgehead atoms. The molecule has 1 N–H and O–H groups in total. The topological polar surface area (TPSA) is 28.2 Å². The van der Waals surface area contributed by atoms with Crippen LogP contribution in [-0.4, -0.2) is 36.1 Å². The van der Waals surface area contributed by atoms with E-state index in [1.807, 2.05) is 6.20 Å². The number of nitrogens with zero attached hydrogens (tertiary/aromatic N) is 2. The molecule has 0 radical (unpaired) electrons. The molecular weight excluding hydrogens is 314 g/mol. The Morgan fingerprint density at radius 2 is 1.95 bits per heavy atom. The Labute approximate surface area is 130 Å². The molecule has 110 valence electrons. The van der Waals surface area contributed by atoms with E-state index in [0.29, 0.717) is 6.04 Å². The van der Waals surface area contributed by atoms with Gasteiger partial charge in [0.15, 0.2) is 0 Å². The van der Waals surface area contributed by atoms with Crippen molar-refractivity contribution >= 4 is 15.9 Å². The zero-order valence-corrected chi connectivity index (χ0v) is 13.6. The molecule has 1 atom stereocenters. The van der Waals surface area contributed by atoms with Crippen molar-refractivity contribution in [1.29, 1.82) is 0 Å². The standard InChI is InChI=1S/C16H24BrN3/c17-15-12-14(6-7-19-15)16(13-4-2-1-3-5-13)20-10-8-18-9-11-20/h6-7,12-13,16,18H,1-5,8-11H2/t16-/m1/s1. The van der Waals surface area contributed by atoms with Crippen LogP contribution in [0.25, 0.3) is 0 Å². The molecule has 0 amide bonds. The van der Waals surface area contributed by atoms with Crippen LogP contribution in [0.2, 0.25) is 0 Å². The Morgan fingerprint density at radius 3 is 2.65 bits per heavy atom. The summed E-state index contributed by atoms with van der Waals surface area (Å²) in [5, 5.41) is 3.47. The van der Waals surface area contributed by atoms with Crippen molar-refractivity contribution in [2.45, 2.75) is 38.1 Å². The van der Waals surface area contributed by atoms with E-state index in [9.17, 15) is 0 Å². The summed E-state index contributed by atoms with van der Waals surface area (Å²) in [6.07, 6.45) is 8.93. The van der Waals surface area contributed by atoms with Crippen molar-refractivity contribution in [3.8, 4) is 0 Å². The molecule has 20 heavy (non-hydrogen) atoms. The summed E-state index contributed by atoms with van der Waals surface area (Å²) in [5.74, 6) is 0.816. The molecule has 0 aromatic carbocycles. The summed E-state index contributed by atoms with van der Waals surface area (Å²) < 4.78 is 0.964. The van der Waals surface area contributed by atoms with Crippen LogP contribution in [0.15, 0.2) is 22.9 Å². The largest absolute Gasteiger partial charge is 0.314 e. The lowest BCUT2D eigenvalue weighted by atomic mass is 9.80. The van der Waals surface area contributed by atoms with Crippen molar-refractivity contribution in [3.63, 3.8) is 0 Å². The number of rotatable bonds is 3. The smallest absolute Gasteiger partial charge is 0.106 e. The molecule has 1 aromatic heterocycles. The van der Waals surface area contributed by atoms with Crippen molar-refractivity contribution < 1.29 is 0 Å². The molecule has 3 nitrogen and oxygen atoms in total. The highest BCUT2D eigenvalue weighted by Crippen LogP contribution is 2.38. The molecule has 2 fully saturated rings. The van der Waals surface area contributed by atoms with Crippen LogP contribution in [-0.2, 0) is 0 Å². The number of aromatic nitrogens is 1. The van der Waals surface area contributed by atoms with E-state index in [4.69, 9.17) is 0 Å². The predicted octanol–water partition coefficient (Wildman–Crippen LogP) is 3.37. The minimum absolute atomic E-state index is 0.580. The number of nitrogens with one attached hydrogen (secondary N) is 1. The van der Waals surface area contributed by atoms with Crippen LogP contribution in [0.3, 0.4) is 0 Å². The molecule has 2 aliphatic rings. The number of piperazine rings is 1. The molecule has 3 rings (SSSR count). The lowest BCUT2D eigenvalue weighted by molar-refractivity contribution is 0.103. The fourth-order valence-electron chi connectivity index (χ4n) is 3.79. The molecule has 0 spiro atoms. The third-order valence-electron chi connectivity index (χ3n) is 4.73. The zero-order valence-electron chi connectivity index (χ0n) is 12.0. The van der Waals surface area contributed by atoms with Crippen LogP contribution >= 0.6 is 15.9 Å². The monoisotopic (exact) mass is 337 g/mol. The van der Waals surface area contributed by atoms with Gasteiger partial charge >= 0.3 is 0 Å². The lowest BCUT2D eigenvalue weighted by Gasteiger charge is -2.41. The van der Waals surface area contributed by atoms with Gasteiger partial charge in [-0.05, 0) is 52.4 Å². The fourth-order valence-corrected chi connectivity index (χ4v) is 4.18. The van der Waals surface area contributed by atoms with Gasteiger partial charge in [0.25, 0.3) is 0 Å². The highest BCUT2D eigenvalue weighted by Gasteiger charge is 2.30. The highest BCUT2D eigenvalue weighted by atomic mass is 79.9. The van der Waals surface area contributed by atoms with E-state index in [1.165, 1.54) is 50.8 Å². The van der Waals surface area contributed by atoms with Crippen molar-refractivity contribution in [2.75, 3.05) is 26.2 Å². The van der Waals surface area contributed by atoms with Gasteiger partial charge in [0.1, 0.15) is 4.60 Å². The number of hydrogen-bond donors (Lipinski definition) is 1. The Hall–Kier alpha value is -0.450. The summed E-state index contributed by atoms with van der Waals surface area (Å²) in [7, 11) is 0. The van der Waals surface area contributed by atoms with Crippen LogP contribution in [0, 0.1) is 5.92 Å². The highest BCUT2D eigenvalue weighted by molar-refractivity contribution is 9.10. The third kappa shape index (κ3) is 3.41. The maximum Gasteiger partial charge on any atom is 0.106 e. The molecule has 1 aliphatic carbocycles. The van der Waals surface area contributed by atoms with E-state index in [2.05, 4.69) is 43.3 Å². The molecule has 1 saturated heterocycles. The van der Waals surface area contributed by atoms with Crippen molar-refractivity contribution in [1.82, 2.24) is 15.2 Å². The first-order valence-electron chi connectivity index (χ1n) is 7.91. The molecule has 1 aliphatic heterocycles. The van der Waals surface area contributed by atoms with Gasteiger partial charge in [-0.2, -0.15) is 0 Å². The summed E-state index contributed by atoms with van der Waals surface area (Å²) in [4.78, 5) is 6.99. The average molecular weight is 338 g/mol. The van der Waals surface area contributed by atoms with Crippen molar-refractivity contribution in [2.24, 2.45) is 5.92 Å². The minimum Gasteiger partial charge on any atom is -0.314 e. The first-order chi connectivity index (χ1) is 9.84. The van der Waals surface area contributed by atoms with Gasteiger partial charge in [-0.1, -0.05) is 19.3 Å². The summed E-state index contributed by atoms with van der Waals surface area (Å²) in [6.45, 7) is 4.58. The summed E-state index contributed by atoms with van der Waals surface area (Å²) in [6, 6.07) is 5.02. The SMILES string of the molecule is Brc1cc([C@@H](C2CCCCC2)N2CCNCC2)ccn1.